The second kappa shape index (κ2) is 7.55. The number of rotatable bonds is 5. The molecule has 6 heteroatoms. The van der Waals surface area contributed by atoms with Crippen molar-refractivity contribution in [3.8, 4) is 17.6 Å². The molecule has 0 radical (unpaired) electrons. The van der Waals surface area contributed by atoms with Gasteiger partial charge in [0.05, 0.1) is 30.6 Å². The minimum atomic E-state index is -0.782. The molecule has 0 saturated heterocycles. The Bertz CT molecular complexity index is 703. The number of benzene rings is 1. The molecule has 2 atom stereocenters. The van der Waals surface area contributed by atoms with Crippen LogP contribution in [0.4, 0.5) is 0 Å². The van der Waals surface area contributed by atoms with Crippen molar-refractivity contribution < 1.29 is 24.5 Å². The number of carbonyl (C=O) groups is 1. The fraction of sp³-hybridized carbons (Fsp3) is 0.600. The van der Waals surface area contributed by atoms with Crippen molar-refractivity contribution in [2.45, 2.75) is 62.6 Å². The van der Waals surface area contributed by atoms with E-state index in [9.17, 15) is 20.3 Å². The molecule has 1 aromatic rings. The molecule has 0 heterocycles. The summed E-state index contributed by atoms with van der Waals surface area (Å²) in [5.41, 5.74) is 0.157. The number of methoxy groups -OCH3 is 1. The summed E-state index contributed by atoms with van der Waals surface area (Å²) < 4.78 is 11.5. The van der Waals surface area contributed by atoms with Gasteiger partial charge in [-0.15, -0.1) is 0 Å². The third-order valence-electron chi connectivity index (χ3n) is 5.77. The van der Waals surface area contributed by atoms with Crippen molar-refractivity contribution in [3.05, 3.63) is 23.8 Å². The van der Waals surface area contributed by atoms with Crippen LogP contribution in [-0.4, -0.2) is 35.5 Å². The Labute approximate surface area is 153 Å². The summed E-state index contributed by atoms with van der Waals surface area (Å²) in [5, 5.41) is 28.8. The van der Waals surface area contributed by atoms with Crippen LogP contribution in [0.1, 0.15) is 50.5 Å². The Kier molecular flexibility index (Phi) is 5.38. The Morgan fingerprint density at radius 2 is 1.96 bits per heavy atom. The lowest BCUT2D eigenvalue weighted by molar-refractivity contribution is -0.143. The molecule has 0 spiro atoms. The Balaban J connectivity index is 1.84. The molecule has 2 aliphatic carbocycles. The molecule has 6 nitrogen and oxygen atoms in total. The minimum absolute atomic E-state index is 0.0602. The van der Waals surface area contributed by atoms with Crippen LogP contribution in [0.15, 0.2) is 18.2 Å². The van der Waals surface area contributed by atoms with Crippen LogP contribution < -0.4 is 9.47 Å². The molecule has 0 amide bonds. The number of hydrogen-bond acceptors (Lipinski definition) is 5. The Morgan fingerprint density at radius 1 is 1.23 bits per heavy atom. The zero-order valence-electron chi connectivity index (χ0n) is 15.0. The van der Waals surface area contributed by atoms with Crippen molar-refractivity contribution in [3.63, 3.8) is 0 Å². The van der Waals surface area contributed by atoms with Gasteiger partial charge in [0.2, 0.25) is 0 Å². The van der Waals surface area contributed by atoms with Gasteiger partial charge in [-0.25, -0.2) is 0 Å². The lowest BCUT2D eigenvalue weighted by Gasteiger charge is -2.34. The Morgan fingerprint density at radius 3 is 2.50 bits per heavy atom. The van der Waals surface area contributed by atoms with Crippen molar-refractivity contribution in [2.24, 2.45) is 5.92 Å². The maximum absolute atomic E-state index is 11.2. The highest BCUT2D eigenvalue weighted by Gasteiger charge is 2.39. The van der Waals surface area contributed by atoms with Crippen LogP contribution >= 0.6 is 0 Å². The van der Waals surface area contributed by atoms with E-state index >= 15 is 0 Å². The molecule has 2 aliphatic rings. The van der Waals surface area contributed by atoms with Crippen LogP contribution in [0.25, 0.3) is 0 Å². The maximum Gasteiger partial charge on any atom is 0.306 e. The number of aliphatic hydroxyl groups excluding tert-OH is 1. The predicted molar refractivity (Wildman–Crippen MR) is 94.2 cm³/mol. The summed E-state index contributed by atoms with van der Waals surface area (Å²) >= 11 is 0. The third kappa shape index (κ3) is 3.63. The zero-order chi connectivity index (χ0) is 18.7. The first kappa shape index (κ1) is 18.5. The molecular formula is C20H25NO5. The topological polar surface area (TPSA) is 99.8 Å². The van der Waals surface area contributed by atoms with E-state index < -0.39 is 11.4 Å². The van der Waals surface area contributed by atoms with Gasteiger partial charge in [-0.1, -0.05) is 6.07 Å². The molecule has 0 unspecified atom stereocenters. The van der Waals surface area contributed by atoms with Gasteiger partial charge in [-0.3, -0.25) is 4.79 Å². The van der Waals surface area contributed by atoms with E-state index in [1.807, 2.05) is 12.1 Å². The smallest absolute Gasteiger partial charge is 0.306 e. The minimum Gasteiger partial charge on any atom is -0.493 e. The maximum atomic E-state index is 11.2. The second-order valence-electron chi connectivity index (χ2n) is 7.38. The van der Waals surface area contributed by atoms with Crippen LogP contribution in [-0.2, 0) is 10.2 Å². The van der Waals surface area contributed by atoms with Gasteiger partial charge in [0, 0.05) is 6.42 Å². The molecule has 0 bridgehead atoms. The predicted octanol–water partition coefficient (Wildman–Crippen LogP) is 3.02. The average molecular weight is 359 g/mol. The molecular weight excluding hydrogens is 334 g/mol. The third-order valence-corrected chi connectivity index (χ3v) is 5.77. The van der Waals surface area contributed by atoms with Crippen LogP contribution in [0.5, 0.6) is 11.5 Å². The van der Waals surface area contributed by atoms with Crippen molar-refractivity contribution in [1.29, 1.82) is 5.26 Å². The van der Waals surface area contributed by atoms with E-state index in [2.05, 4.69) is 6.07 Å². The van der Waals surface area contributed by atoms with E-state index in [1.165, 1.54) is 0 Å². The molecule has 3 rings (SSSR count). The number of aliphatic carboxylic acids is 1. The normalized spacial score (nSPS) is 31.2. The molecule has 2 saturated carbocycles. The summed E-state index contributed by atoms with van der Waals surface area (Å²) in [6, 6.07) is 7.96. The number of ether oxygens (including phenoxy) is 2. The average Bonchev–Trinajstić information content (AvgIpc) is 3.06. The zero-order valence-corrected chi connectivity index (χ0v) is 15.0. The molecule has 2 N–H and O–H groups in total. The lowest BCUT2D eigenvalue weighted by atomic mass is 9.67. The molecule has 2 fully saturated rings. The fourth-order valence-electron chi connectivity index (χ4n) is 4.09. The van der Waals surface area contributed by atoms with Crippen LogP contribution in [0.2, 0.25) is 0 Å². The van der Waals surface area contributed by atoms with Crippen LogP contribution in [0.3, 0.4) is 0 Å². The monoisotopic (exact) mass is 359 g/mol. The molecule has 0 aromatic heterocycles. The first-order valence-corrected chi connectivity index (χ1v) is 9.15. The molecule has 26 heavy (non-hydrogen) atoms. The molecule has 1 aromatic carbocycles. The summed E-state index contributed by atoms with van der Waals surface area (Å²) in [6.45, 7) is 0. The van der Waals surface area contributed by atoms with E-state index in [4.69, 9.17) is 9.47 Å². The summed E-state index contributed by atoms with van der Waals surface area (Å²) in [7, 11) is 1.57. The van der Waals surface area contributed by atoms with E-state index in [1.54, 1.807) is 13.2 Å². The second-order valence-corrected chi connectivity index (χ2v) is 7.38. The Hall–Kier alpha value is -2.26. The van der Waals surface area contributed by atoms with Gasteiger partial charge >= 0.3 is 5.97 Å². The van der Waals surface area contributed by atoms with Gasteiger partial charge in [0.1, 0.15) is 6.10 Å². The SMILES string of the molecule is COc1ccc(C2(C#N)CCC(C(=O)O)CC2)cc1O[C@@H]1CC[C@@H](O)C1. The summed E-state index contributed by atoms with van der Waals surface area (Å²) in [6.07, 6.45) is 3.77. The van der Waals surface area contributed by atoms with E-state index in [0.29, 0.717) is 43.6 Å². The summed E-state index contributed by atoms with van der Waals surface area (Å²) in [5.74, 6) is 0.0297. The summed E-state index contributed by atoms with van der Waals surface area (Å²) in [4.78, 5) is 11.2. The van der Waals surface area contributed by atoms with E-state index in [0.717, 1.165) is 18.4 Å². The number of carboxylic acid groups (broad SMARTS) is 1. The first-order valence-electron chi connectivity index (χ1n) is 9.15. The van der Waals surface area contributed by atoms with E-state index in [-0.39, 0.29) is 18.1 Å². The number of aliphatic hydroxyl groups is 1. The van der Waals surface area contributed by atoms with Gasteiger partial charge in [0.15, 0.2) is 11.5 Å². The van der Waals surface area contributed by atoms with Gasteiger partial charge in [-0.2, -0.15) is 5.26 Å². The van der Waals surface area contributed by atoms with Crippen molar-refractivity contribution in [1.82, 2.24) is 0 Å². The van der Waals surface area contributed by atoms with Crippen molar-refractivity contribution >= 4 is 5.97 Å². The van der Waals surface area contributed by atoms with Crippen LogP contribution in [0, 0.1) is 17.2 Å². The molecule has 0 aliphatic heterocycles. The highest BCUT2D eigenvalue weighted by Crippen LogP contribution is 2.44. The standard InChI is InChI=1S/C20H25NO5/c1-25-17-5-2-14(10-18(17)26-16-4-3-15(22)11-16)20(12-21)8-6-13(7-9-20)19(23)24/h2,5,10,13,15-16,22H,3-4,6-9,11H2,1H3,(H,23,24)/t13?,15-,16-,20?/m1/s1. The van der Waals surface area contributed by atoms with Gasteiger partial charge < -0.3 is 19.7 Å². The lowest BCUT2D eigenvalue weighted by Crippen LogP contribution is -2.33. The highest BCUT2D eigenvalue weighted by molar-refractivity contribution is 5.70. The van der Waals surface area contributed by atoms with Crippen molar-refractivity contribution in [2.75, 3.05) is 7.11 Å². The van der Waals surface area contributed by atoms with Gasteiger partial charge in [0.25, 0.3) is 0 Å². The number of nitriles is 1. The van der Waals surface area contributed by atoms with Gasteiger partial charge in [-0.05, 0) is 56.2 Å². The first-order chi connectivity index (χ1) is 12.5. The quantitative estimate of drug-likeness (QED) is 0.838. The molecule has 140 valence electrons. The highest BCUT2D eigenvalue weighted by atomic mass is 16.5. The number of carboxylic acids is 1. The largest absolute Gasteiger partial charge is 0.493 e. The number of hydrogen-bond donors (Lipinski definition) is 2. The number of nitrogens with zero attached hydrogens (tertiary/aromatic N) is 1. The fourth-order valence-corrected chi connectivity index (χ4v) is 4.09.